The predicted octanol–water partition coefficient (Wildman–Crippen LogP) is 5.03. The van der Waals surface area contributed by atoms with Crippen LogP contribution in [0.4, 0.5) is 18.9 Å². The zero-order chi connectivity index (χ0) is 15.2. The number of aryl methyl sites for hydroxylation is 2. The molecule has 0 bridgehead atoms. The van der Waals surface area contributed by atoms with E-state index in [1.54, 1.807) is 12.1 Å². The highest BCUT2D eigenvalue weighted by Crippen LogP contribution is 2.38. The first-order chi connectivity index (χ1) is 9.84. The van der Waals surface area contributed by atoms with Crippen molar-refractivity contribution in [3.05, 3.63) is 64.2 Å². The molecule has 0 aliphatic carbocycles. The van der Waals surface area contributed by atoms with Gasteiger partial charge in [-0.05, 0) is 49.1 Å². The van der Waals surface area contributed by atoms with Crippen molar-refractivity contribution >= 4 is 5.69 Å². The minimum atomic E-state index is -4.28. The number of hydrogen-bond acceptors (Lipinski definition) is 1. The van der Waals surface area contributed by atoms with Gasteiger partial charge in [0.15, 0.2) is 0 Å². The molecule has 1 N–H and O–H groups in total. The smallest absolute Gasteiger partial charge is 0.377 e. The minimum Gasteiger partial charge on any atom is -0.377 e. The molecule has 0 amide bonds. The molecule has 0 aromatic heterocycles. The zero-order valence-electron chi connectivity index (χ0n) is 11.9. The summed E-state index contributed by atoms with van der Waals surface area (Å²) in [6.07, 6.45) is -3.47. The lowest BCUT2D eigenvalue weighted by Gasteiger charge is -2.14. The van der Waals surface area contributed by atoms with Crippen LogP contribution in [0.1, 0.15) is 33.9 Å². The topological polar surface area (TPSA) is 12.0 Å². The Labute approximate surface area is 121 Å². The first-order valence-electron chi connectivity index (χ1n) is 6.88. The van der Waals surface area contributed by atoms with Gasteiger partial charge in [-0.15, -0.1) is 0 Å². The van der Waals surface area contributed by atoms with E-state index in [0.29, 0.717) is 0 Å². The van der Waals surface area contributed by atoms with E-state index >= 15 is 0 Å². The molecule has 0 saturated carbocycles. The van der Waals surface area contributed by atoms with Crippen molar-refractivity contribution < 1.29 is 13.2 Å². The highest BCUT2D eigenvalue weighted by atomic mass is 19.4. The summed E-state index contributed by atoms with van der Waals surface area (Å²) < 4.78 is 37.8. The van der Waals surface area contributed by atoms with E-state index in [1.807, 2.05) is 6.92 Å². The van der Waals surface area contributed by atoms with Crippen LogP contribution in [0.25, 0.3) is 0 Å². The van der Waals surface area contributed by atoms with E-state index in [0.717, 1.165) is 29.8 Å². The number of benzene rings is 2. The van der Waals surface area contributed by atoms with Crippen LogP contribution in [-0.2, 0) is 12.6 Å². The standard InChI is InChI=1S/C17H16F3N/c1-10-7-11(2)16-13(8-10)9-15(21-16)12-3-5-14(6-4-12)17(18,19)20/h3-8,15,21H,9H2,1-2H3. The molecule has 110 valence electrons. The number of nitrogens with one attached hydrogen (secondary N) is 1. The quantitative estimate of drug-likeness (QED) is 0.777. The number of fused-ring (bicyclic) bond motifs is 1. The van der Waals surface area contributed by atoms with Crippen LogP contribution in [0.15, 0.2) is 36.4 Å². The average molecular weight is 291 g/mol. The van der Waals surface area contributed by atoms with Gasteiger partial charge in [0.1, 0.15) is 0 Å². The Kier molecular flexibility index (Phi) is 3.19. The fraction of sp³-hybridized carbons (Fsp3) is 0.294. The van der Waals surface area contributed by atoms with Gasteiger partial charge in [-0.3, -0.25) is 0 Å². The van der Waals surface area contributed by atoms with Gasteiger partial charge in [-0.25, -0.2) is 0 Å². The van der Waals surface area contributed by atoms with Gasteiger partial charge >= 0.3 is 6.18 Å². The molecule has 4 heteroatoms. The van der Waals surface area contributed by atoms with Gasteiger partial charge < -0.3 is 5.32 Å². The van der Waals surface area contributed by atoms with Gasteiger partial charge in [-0.1, -0.05) is 29.8 Å². The molecule has 1 aliphatic rings. The molecule has 1 unspecified atom stereocenters. The first kappa shape index (κ1) is 14.0. The molecule has 0 saturated heterocycles. The van der Waals surface area contributed by atoms with Crippen molar-refractivity contribution in [3.8, 4) is 0 Å². The zero-order valence-corrected chi connectivity index (χ0v) is 11.9. The highest BCUT2D eigenvalue weighted by molar-refractivity contribution is 5.64. The maximum absolute atomic E-state index is 12.6. The van der Waals surface area contributed by atoms with Gasteiger partial charge in [0.25, 0.3) is 0 Å². The molecule has 3 rings (SSSR count). The minimum absolute atomic E-state index is 0.0442. The van der Waals surface area contributed by atoms with Crippen LogP contribution in [-0.4, -0.2) is 0 Å². The Morgan fingerprint density at radius 2 is 1.71 bits per heavy atom. The second kappa shape index (κ2) is 4.79. The Balaban J connectivity index is 1.86. The summed E-state index contributed by atoms with van der Waals surface area (Å²) >= 11 is 0. The molecule has 21 heavy (non-hydrogen) atoms. The largest absolute Gasteiger partial charge is 0.416 e. The van der Waals surface area contributed by atoms with Gasteiger partial charge in [-0.2, -0.15) is 13.2 Å². The van der Waals surface area contributed by atoms with Crippen LogP contribution < -0.4 is 5.32 Å². The van der Waals surface area contributed by atoms with E-state index in [1.165, 1.54) is 16.7 Å². The fourth-order valence-electron chi connectivity index (χ4n) is 2.97. The summed E-state index contributed by atoms with van der Waals surface area (Å²) in [5.41, 5.74) is 5.02. The first-order valence-corrected chi connectivity index (χ1v) is 6.88. The SMILES string of the molecule is Cc1cc(C)c2c(c1)CC(c1ccc(C(F)(F)F)cc1)N2. The van der Waals surface area contributed by atoms with Crippen LogP contribution in [0.5, 0.6) is 0 Å². The monoisotopic (exact) mass is 291 g/mol. The Bertz CT molecular complexity index is 672. The summed E-state index contributed by atoms with van der Waals surface area (Å²) in [4.78, 5) is 0. The molecule has 0 spiro atoms. The Morgan fingerprint density at radius 3 is 2.33 bits per heavy atom. The lowest BCUT2D eigenvalue weighted by atomic mass is 10.00. The van der Waals surface area contributed by atoms with Gasteiger partial charge in [0.2, 0.25) is 0 Å². The lowest BCUT2D eigenvalue weighted by Crippen LogP contribution is -2.08. The van der Waals surface area contributed by atoms with Crippen molar-refractivity contribution in [3.63, 3.8) is 0 Å². The van der Waals surface area contributed by atoms with Crippen molar-refractivity contribution in [1.29, 1.82) is 0 Å². The molecular formula is C17H16F3N. The fourth-order valence-corrected chi connectivity index (χ4v) is 2.97. The molecule has 1 aliphatic heterocycles. The number of halogens is 3. The Morgan fingerprint density at radius 1 is 1.05 bits per heavy atom. The molecule has 2 aromatic rings. The third-order valence-electron chi connectivity index (χ3n) is 3.94. The van der Waals surface area contributed by atoms with Crippen LogP contribution >= 0.6 is 0 Å². The molecule has 1 heterocycles. The number of hydrogen-bond donors (Lipinski definition) is 1. The number of rotatable bonds is 1. The lowest BCUT2D eigenvalue weighted by molar-refractivity contribution is -0.137. The molecule has 0 radical (unpaired) electrons. The summed E-state index contributed by atoms with van der Waals surface area (Å²) in [6, 6.07) is 9.72. The molecule has 2 aromatic carbocycles. The summed E-state index contributed by atoms with van der Waals surface area (Å²) in [5, 5.41) is 3.42. The van der Waals surface area contributed by atoms with Crippen molar-refractivity contribution in [2.75, 3.05) is 5.32 Å². The van der Waals surface area contributed by atoms with E-state index in [-0.39, 0.29) is 6.04 Å². The highest BCUT2D eigenvalue weighted by Gasteiger charge is 2.31. The van der Waals surface area contributed by atoms with Crippen LogP contribution in [0.3, 0.4) is 0 Å². The summed E-state index contributed by atoms with van der Waals surface area (Å²) in [6.45, 7) is 4.10. The third-order valence-corrected chi connectivity index (χ3v) is 3.94. The van der Waals surface area contributed by atoms with E-state index in [4.69, 9.17) is 0 Å². The molecule has 0 fully saturated rings. The van der Waals surface area contributed by atoms with E-state index < -0.39 is 11.7 Å². The van der Waals surface area contributed by atoms with Crippen LogP contribution in [0, 0.1) is 13.8 Å². The average Bonchev–Trinajstić information content (AvgIpc) is 2.82. The van der Waals surface area contributed by atoms with Crippen molar-refractivity contribution in [2.45, 2.75) is 32.5 Å². The molecule has 1 nitrogen and oxygen atoms in total. The second-order valence-electron chi connectivity index (χ2n) is 5.64. The van der Waals surface area contributed by atoms with E-state index in [9.17, 15) is 13.2 Å². The van der Waals surface area contributed by atoms with Gasteiger partial charge in [0, 0.05) is 5.69 Å². The molecule has 1 atom stereocenters. The maximum Gasteiger partial charge on any atom is 0.416 e. The Hall–Kier alpha value is -1.97. The summed E-state index contributed by atoms with van der Waals surface area (Å²) in [7, 11) is 0. The predicted molar refractivity (Wildman–Crippen MR) is 77.4 cm³/mol. The second-order valence-corrected chi connectivity index (χ2v) is 5.64. The maximum atomic E-state index is 12.6. The number of anilines is 1. The van der Waals surface area contributed by atoms with Crippen molar-refractivity contribution in [1.82, 2.24) is 0 Å². The van der Waals surface area contributed by atoms with Gasteiger partial charge in [0.05, 0.1) is 11.6 Å². The van der Waals surface area contributed by atoms with Crippen LogP contribution in [0.2, 0.25) is 0 Å². The normalized spacial score (nSPS) is 17.5. The van der Waals surface area contributed by atoms with Crippen molar-refractivity contribution in [2.24, 2.45) is 0 Å². The summed E-state index contributed by atoms with van der Waals surface area (Å²) in [5.74, 6) is 0. The third kappa shape index (κ3) is 2.62. The molecular weight excluding hydrogens is 275 g/mol. The number of alkyl halides is 3. The van der Waals surface area contributed by atoms with E-state index in [2.05, 4.69) is 24.4 Å².